The molecule has 3 nitrogen and oxygen atoms in total. The van der Waals surface area contributed by atoms with Crippen molar-refractivity contribution in [3.63, 3.8) is 0 Å². The number of ether oxygens (including phenoxy) is 1. The highest BCUT2D eigenvalue weighted by Gasteiger charge is 2.11. The molecule has 146 valence electrons. The minimum Gasteiger partial charge on any atom is -0.457 e. The molecule has 30 heavy (non-hydrogen) atoms. The molecule has 0 saturated carbocycles. The van der Waals surface area contributed by atoms with Crippen molar-refractivity contribution in [3.05, 3.63) is 101 Å². The smallest absolute Gasteiger partial charge is 0.129 e. The summed E-state index contributed by atoms with van der Waals surface area (Å²) >= 11 is 3.50. The minimum absolute atomic E-state index is 0.786. The van der Waals surface area contributed by atoms with Crippen molar-refractivity contribution in [1.82, 2.24) is 4.57 Å². The molecule has 0 aliphatic carbocycles. The van der Waals surface area contributed by atoms with E-state index in [0.717, 1.165) is 32.7 Å². The molecule has 5 rings (SSSR count). The van der Waals surface area contributed by atoms with Crippen LogP contribution in [0.15, 0.2) is 100 Å². The fourth-order valence-electron chi connectivity index (χ4n) is 3.59. The third-order valence-corrected chi connectivity index (χ3v) is 5.56. The van der Waals surface area contributed by atoms with Crippen LogP contribution in [0.4, 0.5) is 5.69 Å². The van der Waals surface area contributed by atoms with Gasteiger partial charge in [0.2, 0.25) is 0 Å². The SMILES string of the molecule is Cc1ccc(/N=C/n2c3ccccc3c3ccc(Oc4cccc(Br)c4)cc32)cc1. The number of aromatic nitrogens is 1. The average molecular weight is 455 g/mol. The highest BCUT2D eigenvalue weighted by molar-refractivity contribution is 9.10. The van der Waals surface area contributed by atoms with E-state index in [-0.39, 0.29) is 0 Å². The van der Waals surface area contributed by atoms with Crippen LogP contribution in [-0.4, -0.2) is 10.9 Å². The fourth-order valence-corrected chi connectivity index (χ4v) is 3.97. The van der Waals surface area contributed by atoms with Crippen LogP contribution in [-0.2, 0) is 0 Å². The largest absolute Gasteiger partial charge is 0.457 e. The maximum atomic E-state index is 6.11. The van der Waals surface area contributed by atoms with Gasteiger partial charge < -0.3 is 4.74 Å². The summed E-state index contributed by atoms with van der Waals surface area (Å²) < 4.78 is 9.22. The van der Waals surface area contributed by atoms with Crippen LogP contribution < -0.4 is 4.74 Å². The lowest BCUT2D eigenvalue weighted by Gasteiger charge is -2.07. The summed E-state index contributed by atoms with van der Waals surface area (Å²) in [5, 5.41) is 2.36. The lowest BCUT2D eigenvalue weighted by molar-refractivity contribution is 0.483. The van der Waals surface area contributed by atoms with Gasteiger partial charge in [-0.25, -0.2) is 4.99 Å². The first-order chi connectivity index (χ1) is 14.7. The van der Waals surface area contributed by atoms with Gasteiger partial charge in [-0.2, -0.15) is 0 Å². The van der Waals surface area contributed by atoms with E-state index in [1.807, 2.05) is 48.8 Å². The summed E-state index contributed by atoms with van der Waals surface area (Å²) in [5.74, 6) is 1.58. The number of aliphatic imine (C=N–C) groups is 1. The summed E-state index contributed by atoms with van der Waals surface area (Å²) in [6.45, 7) is 2.08. The van der Waals surface area contributed by atoms with E-state index in [4.69, 9.17) is 9.73 Å². The zero-order valence-electron chi connectivity index (χ0n) is 16.4. The Labute approximate surface area is 183 Å². The van der Waals surface area contributed by atoms with E-state index >= 15 is 0 Å². The standard InChI is InChI=1S/C26H19BrN2O/c1-18-9-11-20(12-10-18)28-17-29-25-8-3-2-7-23(25)24-14-13-22(16-26(24)29)30-21-6-4-5-19(27)15-21/h2-17H,1H3/b28-17+. The quantitative estimate of drug-likeness (QED) is 0.200. The van der Waals surface area contributed by atoms with Crippen molar-refractivity contribution in [3.8, 4) is 11.5 Å². The third-order valence-electron chi connectivity index (χ3n) is 5.07. The first-order valence-corrected chi connectivity index (χ1v) is 10.5. The zero-order valence-corrected chi connectivity index (χ0v) is 18.0. The van der Waals surface area contributed by atoms with Crippen molar-refractivity contribution >= 4 is 49.8 Å². The molecule has 5 aromatic rings. The van der Waals surface area contributed by atoms with Gasteiger partial charge in [-0.1, -0.05) is 57.9 Å². The number of hydrogen-bond acceptors (Lipinski definition) is 2. The number of benzene rings is 4. The van der Waals surface area contributed by atoms with E-state index in [1.165, 1.54) is 16.3 Å². The summed E-state index contributed by atoms with van der Waals surface area (Å²) in [6.07, 6.45) is 1.89. The van der Waals surface area contributed by atoms with Crippen LogP contribution in [0.2, 0.25) is 0 Å². The molecule has 0 fully saturated rings. The second kappa shape index (κ2) is 7.81. The lowest BCUT2D eigenvalue weighted by Crippen LogP contribution is -1.94. The second-order valence-electron chi connectivity index (χ2n) is 7.21. The summed E-state index contributed by atoms with van der Waals surface area (Å²) in [5.41, 5.74) is 4.32. The van der Waals surface area contributed by atoms with Crippen molar-refractivity contribution in [2.45, 2.75) is 6.92 Å². The molecule has 0 unspecified atom stereocenters. The predicted molar refractivity (Wildman–Crippen MR) is 128 cm³/mol. The van der Waals surface area contributed by atoms with E-state index < -0.39 is 0 Å². The minimum atomic E-state index is 0.786. The number of hydrogen-bond donors (Lipinski definition) is 0. The van der Waals surface area contributed by atoms with Gasteiger partial charge in [0, 0.05) is 21.3 Å². The number of nitrogens with zero attached hydrogens (tertiary/aromatic N) is 2. The average Bonchev–Trinajstić information content (AvgIpc) is 3.06. The Bertz CT molecular complexity index is 1380. The normalized spacial score (nSPS) is 11.5. The number of para-hydroxylation sites is 1. The monoisotopic (exact) mass is 454 g/mol. The molecule has 0 radical (unpaired) electrons. The van der Waals surface area contributed by atoms with Gasteiger partial charge in [0.1, 0.15) is 17.8 Å². The molecule has 4 heteroatoms. The highest BCUT2D eigenvalue weighted by atomic mass is 79.9. The maximum absolute atomic E-state index is 6.11. The second-order valence-corrected chi connectivity index (χ2v) is 8.12. The van der Waals surface area contributed by atoms with Crippen LogP contribution in [0.3, 0.4) is 0 Å². The van der Waals surface area contributed by atoms with Crippen molar-refractivity contribution in [1.29, 1.82) is 0 Å². The van der Waals surface area contributed by atoms with Crippen molar-refractivity contribution in [2.75, 3.05) is 0 Å². The number of fused-ring (bicyclic) bond motifs is 3. The van der Waals surface area contributed by atoms with Crippen LogP contribution in [0.1, 0.15) is 5.56 Å². The lowest BCUT2D eigenvalue weighted by atomic mass is 10.1. The molecule has 0 spiro atoms. The van der Waals surface area contributed by atoms with E-state index in [9.17, 15) is 0 Å². The van der Waals surface area contributed by atoms with Gasteiger partial charge >= 0.3 is 0 Å². The molecule has 0 N–H and O–H groups in total. The van der Waals surface area contributed by atoms with Crippen LogP contribution in [0.5, 0.6) is 11.5 Å². The Hall–Kier alpha value is -3.37. The van der Waals surface area contributed by atoms with Crippen LogP contribution in [0, 0.1) is 6.92 Å². The Morgan fingerprint density at radius 2 is 1.53 bits per heavy atom. The molecule has 0 bridgehead atoms. The van der Waals surface area contributed by atoms with E-state index in [2.05, 4.69) is 76.0 Å². The predicted octanol–water partition coefficient (Wildman–Crippen LogP) is 7.87. The van der Waals surface area contributed by atoms with Gasteiger partial charge in [-0.15, -0.1) is 0 Å². The Kier molecular flexibility index (Phi) is 4.85. The Morgan fingerprint density at radius 1 is 0.767 bits per heavy atom. The molecule has 1 aromatic heterocycles. The van der Waals surface area contributed by atoms with Crippen molar-refractivity contribution in [2.24, 2.45) is 4.99 Å². The zero-order chi connectivity index (χ0) is 20.5. The Balaban J connectivity index is 1.62. The van der Waals surface area contributed by atoms with Gasteiger partial charge in [0.25, 0.3) is 0 Å². The molecule has 0 amide bonds. The molecule has 0 aliphatic heterocycles. The summed E-state index contributed by atoms with van der Waals surface area (Å²) in [7, 11) is 0. The molecular formula is C26H19BrN2O. The van der Waals surface area contributed by atoms with Gasteiger partial charge in [0.15, 0.2) is 0 Å². The van der Waals surface area contributed by atoms with Crippen molar-refractivity contribution < 1.29 is 4.74 Å². The molecule has 0 aliphatic rings. The number of rotatable bonds is 4. The molecule has 4 aromatic carbocycles. The number of aryl methyl sites for hydroxylation is 1. The maximum Gasteiger partial charge on any atom is 0.129 e. The summed E-state index contributed by atoms with van der Waals surface area (Å²) in [6, 6.07) is 30.6. The van der Waals surface area contributed by atoms with E-state index in [0.29, 0.717) is 0 Å². The van der Waals surface area contributed by atoms with Gasteiger partial charge in [0.05, 0.1) is 16.7 Å². The number of halogens is 1. The fraction of sp³-hybridized carbons (Fsp3) is 0.0385. The van der Waals surface area contributed by atoms with Crippen LogP contribution >= 0.6 is 15.9 Å². The van der Waals surface area contributed by atoms with Gasteiger partial charge in [-0.3, -0.25) is 4.57 Å². The first-order valence-electron chi connectivity index (χ1n) is 9.74. The summed E-state index contributed by atoms with van der Waals surface area (Å²) in [4.78, 5) is 4.71. The molecule has 0 saturated heterocycles. The molecule has 0 atom stereocenters. The van der Waals surface area contributed by atoms with Crippen LogP contribution in [0.25, 0.3) is 21.8 Å². The molecular weight excluding hydrogens is 436 g/mol. The topological polar surface area (TPSA) is 26.5 Å². The third kappa shape index (κ3) is 3.62. The highest BCUT2D eigenvalue weighted by Crippen LogP contribution is 2.33. The molecule has 1 heterocycles. The first kappa shape index (κ1) is 18.6. The Morgan fingerprint density at radius 3 is 2.37 bits per heavy atom. The van der Waals surface area contributed by atoms with Gasteiger partial charge in [-0.05, 0) is 55.5 Å². The van der Waals surface area contributed by atoms with E-state index in [1.54, 1.807) is 0 Å².